The second-order valence-corrected chi connectivity index (χ2v) is 6.14. The van der Waals surface area contributed by atoms with Crippen molar-refractivity contribution in [2.24, 2.45) is 5.73 Å². The molecule has 0 bridgehead atoms. The maximum Gasteiger partial charge on any atom is 0.332 e. The van der Waals surface area contributed by atoms with Crippen molar-refractivity contribution in [1.29, 1.82) is 0 Å². The van der Waals surface area contributed by atoms with Gasteiger partial charge in [0.25, 0.3) is 5.91 Å². The van der Waals surface area contributed by atoms with E-state index in [4.69, 9.17) is 14.9 Å². The van der Waals surface area contributed by atoms with Gasteiger partial charge in [0.1, 0.15) is 18.9 Å². The predicted molar refractivity (Wildman–Crippen MR) is 91.4 cm³/mol. The molecule has 3 rings (SSSR count). The third-order valence-electron chi connectivity index (χ3n) is 4.28. The normalized spacial score (nSPS) is 17.5. The Kier molecular flexibility index (Phi) is 5.51. The zero-order valence-electron chi connectivity index (χ0n) is 14.4. The number of aromatic nitrogens is 1. The Morgan fingerprint density at radius 1 is 1.33 bits per heavy atom. The fourth-order valence-corrected chi connectivity index (χ4v) is 2.86. The highest BCUT2D eigenvalue weighted by Gasteiger charge is 2.36. The number of nitrogens with two attached hydrogens (primary N) is 1. The number of ether oxygens (including phenoxy) is 1. The molecular weight excluding hydrogens is 354 g/mol. The number of likely N-dealkylation sites (tertiary alicyclic amines) is 1. The Labute approximate surface area is 154 Å². The third-order valence-corrected chi connectivity index (χ3v) is 4.28. The Bertz CT molecular complexity index is 835. The number of hydrogen-bond donors (Lipinski definition) is 2. The smallest absolute Gasteiger partial charge is 0.332 e. The first-order chi connectivity index (χ1) is 13.0. The minimum atomic E-state index is -1.29. The highest BCUT2D eigenvalue weighted by atomic mass is 16.5. The maximum absolute atomic E-state index is 12.5. The van der Waals surface area contributed by atoms with Crippen molar-refractivity contribution in [2.75, 3.05) is 6.54 Å². The number of hydrogen-bond acceptors (Lipinski definition) is 7. The van der Waals surface area contributed by atoms with Crippen molar-refractivity contribution in [1.82, 2.24) is 9.88 Å². The van der Waals surface area contributed by atoms with Gasteiger partial charge < -0.3 is 24.9 Å². The number of benzene rings is 1. The van der Waals surface area contributed by atoms with Gasteiger partial charge in [-0.25, -0.2) is 14.6 Å². The largest absolute Gasteiger partial charge is 0.480 e. The van der Waals surface area contributed by atoms with Crippen LogP contribution in [0.5, 0.6) is 0 Å². The first-order valence-electron chi connectivity index (χ1n) is 8.42. The number of esters is 1. The molecule has 1 saturated heterocycles. The summed E-state index contributed by atoms with van der Waals surface area (Å²) in [5.41, 5.74) is 6.50. The lowest BCUT2D eigenvalue weighted by Crippen LogP contribution is -2.40. The van der Waals surface area contributed by atoms with E-state index in [0.29, 0.717) is 19.4 Å². The molecule has 9 nitrogen and oxygen atoms in total. The van der Waals surface area contributed by atoms with Crippen LogP contribution in [0, 0.1) is 0 Å². The molecule has 1 aliphatic heterocycles. The van der Waals surface area contributed by atoms with Crippen molar-refractivity contribution in [2.45, 2.75) is 31.5 Å². The molecule has 1 fully saturated rings. The van der Waals surface area contributed by atoms with Gasteiger partial charge in [0.05, 0.1) is 0 Å². The van der Waals surface area contributed by atoms with Crippen LogP contribution in [0.15, 0.2) is 41.0 Å². The monoisotopic (exact) mass is 373 g/mol. The van der Waals surface area contributed by atoms with E-state index >= 15 is 0 Å². The number of carbonyl (C=O) groups excluding carboxylic acids is 2. The number of carboxylic acid groups (broad SMARTS) is 1. The molecule has 0 spiro atoms. The lowest BCUT2D eigenvalue weighted by atomic mass is 10.2. The SMILES string of the molecule is NC(C(=O)OCc1ccccc1)c1nc(C(=O)N2CCC[C@H]2C(=O)O)co1. The zero-order valence-corrected chi connectivity index (χ0v) is 14.4. The van der Waals surface area contributed by atoms with Crippen molar-refractivity contribution >= 4 is 17.8 Å². The molecule has 3 N–H and O–H groups in total. The standard InChI is InChI=1S/C18H19N3O6/c19-14(18(25)27-9-11-5-2-1-3-6-11)15-20-12(10-26-15)16(22)21-8-4-7-13(21)17(23)24/h1-3,5-6,10,13-14H,4,7-9,19H2,(H,23,24)/t13-,14?/m0/s1. The highest BCUT2D eigenvalue weighted by molar-refractivity contribution is 5.95. The van der Waals surface area contributed by atoms with Crippen LogP contribution in [0.2, 0.25) is 0 Å². The number of aliphatic carboxylic acids is 1. The molecule has 1 amide bonds. The van der Waals surface area contributed by atoms with Crippen LogP contribution in [-0.2, 0) is 20.9 Å². The second-order valence-electron chi connectivity index (χ2n) is 6.14. The van der Waals surface area contributed by atoms with Crippen molar-refractivity contribution in [3.63, 3.8) is 0 Å². The number of carboxylic acids is 1. The summed E-state index contributed by atoms with van der Waals surface area (Å²) in [6.07, 6.45) is 2.05. The van der Waals surface area contributed by atoms with E-state index in [1.807, 2.05) is 18.2 Å². The average Bonchev–Trinajstić information content (AvgIpc) is 3.35. The fraction of sp³-hybridized carbons (Fsp3) is 0.333. The summed E-state index contributed by atoms with van der Waals surface area (Å²) in [5.74, 6) is -2.54. The summed E-state index contributed by atoms with van der Waals surface area (Å²) >= 11 is 0. The first kappa shape index (κ1) is 18.6. The minimum Gasteiger partial charge on any atom is -0.480 e. The second kappa shape index (κ2) is 8.00. The summed E-state index contributed by atoms with van der Waals surface area (Å²) < 4.78 is 10.3. The van der Waals surface area contributed by atoms with Gasteiger partial charge in [0.2, 0.25) is 5.89 Å². The van der Waals surface area contributed by atoms with Crippen molar-refractivity contribution < 1.29 is 28.6 Å². The van der Waals surface area contributed by atoms with Gasteiger partial charge in [-0.1, -0.05) is 30.3 Å². The molecule has 0 radical (unpaired) electrons. The van der Waals surface area contributed by atoms with Gasteiger partial charge >= 0.3 is 11.9 Å². The summed E-state index contributed by atoms with van der Waals surface area (Å²) in [4.78, 5) is 40.9. The van der Waals surface area contributed by atoms with Crippen molar-refractivity contribution in [3.8, 4) is 0 Å². The number of amides is 1. The summed E-state index contributed by atoms with van der Waals surface area (Å²) in [7, 11) is 0. The van der Waals surface area contributed by atoms with Gasteiger partial charge in [-0.3, -0.25) is 4.79 Å². The van der Waals surface area contributed by atoms with E-state index in [-0.39, 0.29) is 18.2 Å². The molecule has 1 aromatic carbocycles. The summed E-state index contributed by atoms with van der Waals surface area (Å²) in [6, 6.07) is 6.91. The molecule has 2 aromatic rings. The van der Waals surface area contributed by atoms with E-state index in [0.717, 1.165) is 11.8 Å². The molecule has 0 aliphatic carbocycles. The first-order valence-corrected chi connectivity index (χ1v) is 8.42. The van der Waals surface area contributed by atoms with Crippen LogP contribution < -0.4 is 5.73 Å². The van der Waals surface area contributed by atoms with Crippen LogP contribution in [0.3, 0.4) is 0 Å². The molecule has 0 saturated carbocycles. The molecule has 27 heavy (non-hydrogen) atoms. The molecule has 1 aliphatic rings. The van der Waals surface area contributed by atoms with E-state index in [1.54, 1.807) is 12.1 Å². The van der Waals surface area contributed by atoms with Crippen LogP contribution in [0.1, 0.15) is 40.8 Å². The van der Waals surface area contributed by atoms with E-state index in [1.165, 1.54) is 4.90 Å². The minimum absolute atomic E-state index is 0.0495. The molecule has 2 atom stereocenters. The van der Waals surface area contributed by atoms with Gasteiger partial charge in [0.15, 0.2) is 11.7 Å². The average molecular weight is 373 g/mol. The molecule has 142 valence electrons. The number of carbonyl (C=O) groups is 3. The van der Waals surface area contributed by atoms with Crippen LogP contribution in [0.4, 0.5) is 0 Å². The quantitative estimate of drug-likeness (QED) is 0.719. The van der Waals surface area contributed by atoms with E-state index < -0.39 is 29.9 Å². The lowest BCUT2D eigenvalue weighted by Gasteiger charge is -2.19. The van der Waals surface area contributed by atoms with Crippen LogP contribution in [-0.4, -0.2) is 45.4 Å². The molecule has 2 heterocycles. The van der Waals surface area contributed by atoms with Crippen molar-refractivity contribution in [3.05, 3.63) is 53.7 Å². The Hall–Kier alpha value is -3.20. The van der Waals surface area contributed by atoms with Gasteiger partial charge in [0, 0.05) is 6.54 Å². The van der Waals surface area contributed by atoms with E-state index in [2.05, 4.69) is 4.98 Å². The van der Waals surface area contributed by atoms with Crippen LogP contribution in [0.25, 0.3) is 0 Å². The number of nitrogens with zero attached hydrogens (tertiary/aromatic N) is 2. The summed E-state index contributed by atoms with van der Waals surface area (Å²) in [5, 5.41) is 9.18. The zero-order chi connectivity index (χ0) is 19.4. The molecule has 9 heteroatoms. The fourth-order valence-electron chi connectivity index (χ4n) is 2.86. The Balaban J connectivity index is 1.63. The molecular formula is C18H19N3O6. The van der Waals surface area contributed by atoms with Gasteiger partial charge in [-0.2, -0.15) is 0 Å². The van der Waals surface area contributed by atoms with Gasteiger partial charge in [-0.05, 0) is 18.4 Å². The molecule has 1 unspecified atom stereocenters. The Morgan fingerprint density at radius 3 is 2.78 bits per heavy atom. The number of oxazole rings is 1. The van der Waals surface area contributed by atoms with Gasteiger partial charge in [-0.15, -0.1) is 0 Å². The maximum atomic E-state index is 12.5. The molecule has 1 aromatic heterocycles. The topological polar surface area (TPSA) is 136 Å². The third kappa shape index (κ3) is 4.14. The predicted octanol–water partition coefficient (Wildman–Crippen LogP) is 1.11. The Morgan fingerprint density at radius 2 is 2.07 bits per heavy atom. The lowest BCUT2D eigenvalue weighted by molar-refractivity contribution is -0.147. The number of rotatable bonds is 6. The highest BCUT2D eigenvalue weighted by Crippen LogP contribution is 2.21. The summed E-state index contributed by atoms with van der Waals surface area (Å²) in [6.45, 7) is 0.372. The van der Waals surface area contributed by atoms with E-state index in [9.17, 15) is 19.5 Å². The van der Waals surface area contributed by atoms with Crippen LogP contribution >= 0.6 is 0 Å².